The lowest BCUT2D eigenvalue weighted by Gasteiger charge is -2.15. The van der Waals surface area contributed by atoms with Gasteiger partial charge in [-0.15, -0.1) is 0 Å². The maximum Gasteiger partial charge on any atom is 0.231 e. The summed E-state index contributed by atoms with van der Waals surface area (Å²) in [6.45, 7) is 0. The zero-order valence-electron chi connectivity index (χ0n) is 11.4. The SMILES string of the molecule is Fc1cc(F)cc(Cc2noc(C3CC4CCC3N4)n2)c1. The number of nitrogens with one attached hydrogen (secondary N) is 1. The zero-order valence-corrected chi connectivity index (χ0v) is 11.4. The molecule has 21 heavy (non-hydrogen) atoms. The first kappa shape index (κ1) is 12.9. The van der Waals surface area contributed by atoms with Gasteiger partial charge in [0.05, 0.1) is 5.92 Å². The molecule has 0 amide bonds. The van der Waals surface area contributed by atoms with Crippen molar-refractivity contribution in [2.45, 2.75) is 43.7 Å². The molecule has 1 N–H and O–H groups in total. The third kappa shape index (κ3) is 2.44. The lowest BCUT2D eigenvalue weighted by molar-refractivity contribution is 0.327. The molecule has 2 aliphatic rings. The molecule has 1 aromatic carbocycles. The van der Waals surface area contributed by atoms with Crippen molar-refractivity contribution in [3.63, 3.8) is 0 Å². The first-order valence-electron chi connectivity index (χ1n) is 7.21. The van der Waals surface area contributed by atoms with Crippen LogP contribution in [-0.2, 0) is 6.42 Å². The Morgan fingerprint density at radius 3 is 2.67 bits per heavy atom. The average molecular weight is 291 g/mol. The van der Waals surface area contributed by atoms with Crippen LogP contribution in [-0.4, -0.2) is 22.2 Å². The second-order valence-electron chi connectivity index (χ2n) is 5.89. The molecule has 2 saturated heterocycles. The molecule has 2 bridgehead atoms. The molecule has 0 aliphatic carbocycles. The van der Waals surface area contributed by atoms with Crippen LogP contribution < -0.4 is 5.32 Å². The summed E-state index contributed by atoms with van der Waals surface area (Å²) in [4.78, 5) is 4.40. The normalized spacial score (nSPS) is 27.4. The third-order valence-corrected chi connectivity index (χ3v) is 4.39. The lowest BCUT2D eigenvalue weighted by atomic mass is 9.89. The Labute approximate surface area is 120 Å². The molecule has 2 aliphatic heterocycles. The van der Waals surface area contributed by atoms with E-state index in [0.29, 0.717) is 29.4 Å². The second-order valence-corrected chi connectivity index (χ2v) is 5.89. The van der Waals surface area contributed by atoms with Gasteiger partial charge in [0.25, 0.3) is 0 Å². The standard InChI is InChI=1S/C15H15F2N3O/c16-9-3-8(4-10(17)6-9)5-14-19-15(21-20-14)12-7-11-1-2-13(12)18-11/h3-4,6,11-13,18H,1-2,5,7H2. The fourth-order valence-electron chi connectivity index (χ4n) is 3.48. The lowest BCUT2D eigenvalue weighted by Crippen LogP contribution is -2.21. The van der Waals surface area contributed by atoms with Crippen LogP contribution in [0.15, 0.2) is 22.7 Å². The van der Waals surface area contributed by atoms with Gasteiger partial charge in [-0.3, -0.25) is 0 Å². The van der Waals surface area contributed by atoms with Crippen molar-refractivity contribution in [3.05, 3.63) is 47.1 Å². The highest BCUT2D eigenvalue weighted by Crippen LogP contribution is 2.39. The summed E-state index contributed by atoms with van der Waals surface area (Å²) in [7, 11) is 0. The maximum atomic E-state index is 13.2. The topological polar surface area (TPSA) is 51.0 Å². The summed E-state index contributed by atoms with van der Waals surface area (Å²) in [6.07, 6.45) is 3.65. The van der Waals surface area contributed by atoms with Crippen molar-refractivity contribution in [2.24, 2.45) is 0 Å². The molecular formula is C15H15F2N3O. The summed E-state index contributed by atoms with van der Waals surface area (Å²) in [5, 5.41) is 7.46. The number of nitrogens with zero attached hydrogens (tertiary/aromatic N) is 2. The van der Waals surface area contributed by atoms with E-state index >= 15 is 0 Å². The fourth-order valence-corrected chi connectivity index (χ4v) is 3.48. The summed E-state index contributed by atoms with van der Waals surface area (Å²) in [5.74, 6) is 0.200. The molecule has 0 saturated carbocycles. The van der Waals surface area contributed by atoms with Gasteiger partial charge in [0.15, 0.2) is 5.82 Å². The van der Waals surface area contributed by atoms with Crippen LogP contribution in [0, 0.1) is 11.6 Å². The van der Waals surface area contributed by atoms with Gasteiger partial charge in [-0.25, -0.2) is 8.78 Å². The zero-order chi connectivity index (χ0) is 14.4. The van der Waals surface area contributed by atoms with Crippen LogP contribution in [0.3, 0.4) is 0 Å². The number of hydrogen-bond acceptors (Lipinski definition) is 4. The summed E-state index contributed by atoms with van der Waals surface area (Å²) in [6, 6.07) is 4.42. The van der Waals surface area contributed by atoms with Gasteiger partial charge in [-0.2, -0.15) is 4.98 Å². The van der Waals surface area contributed by atoms with Gasteiger partial charge in [0, 0.05) is 24.6 Å². The molecule has 3 heterocycles. The fraction of sp³-hybridized carbons (Fsp3) is 0.467. The van der Waals surface area contributed by atoms with Crippen molar-refractivity contribution in [2.75, 3.05) is 0 Å². The predicted octanol–water partition coefficient (Wildman–Crippen LogP) is 2.55. The van der Waals surface area contributed by atoms with E-state index < -0.39 is 11.6 Å². The second kappa shape index (κ2) is 4.87. The average Bonchev–Trinajstić information content (AvgIpc) is 3.12. The minimum Gasteiger partial charge on any atom is -0.339 e. The smallest absolute Gasteiger partial charge is 0.231 e. The molecule has 4 nitrogen and oxygen atoms in total. The van der Waals surface area contributed by atoms with Crippen LogP contribution in [0.4, 0.5) is 8.78 Å². The van der Waals surface area contributed by atoms with Crippen molar-refractivity contribution in [1.82, 2.24) is 15.5 Å². The van der Waals surface area contributed by atoms with Crippen molar-refractivity contribution in [1.29, 1.82) is 0 Å². The Hall–Kier alpha value is -1.82. The highest BCUT2D eigenvalue weighted by Gasteiger charge is 2.42. The Balaban J connectivity index is 1.52. The molecule has 0 spiro atoms. The molecule has 6 heteroatoms. The van der Waals surface area contributed by atoms with Gasteiger partial charge < -0.3 is 9.84 Å². The quantitative estimate of drug-likeness (QED) is 0.944. The summed E-state index contributed by atoms with van der Waals surface area (Å²) >= 11 is 0. The first-order valence-corrected chi connectivity index (χ1v) is 7.21. The highest BCUT2D eigenvalue weighted by molar-refractivity contribution is 5.21. The van der Waals surface area contributed by atoms with Crippen LogP contribution >= 0.6 is 0 Å². The molecule has 1 aromatic heterocycles. The van der Waals surface area contributed by atoms with Gasteiger partial charge in [0.1, 0.15) is 11.6 Å². The van der Waals surface area contributed by atoms with Gasteiger partial charge in [0.2, 0.25) is 5.89 Å². The van der Waals surface area contributed by atoms with E-state index in [4.69, 9.17) is 4.52 Å². The predicted molar refractivity (Wildman–Crippen MR) is 70.8 cm³/mol. The van der Waals surface area contributed by atoms with Crippen LogP contribution in [0.2, 0.25) is 0 Å². The van der Waals surface area contributed by atoms with E-state index in [-0.39, 0.29) is 12.3 Å². The molecule has 3 unspecified atom stereocenters. The van der Waals surface area contributed by atoms with E-state index in [0.717, 1.165) is 18.9 Å². The van der Waals surface area contributed by atoms with Crippen LogP contribution in [0.1, 0.15) is 42.5 Å². The summed E-state index contributed by atoms with van der Waals surface area (Å²) in [5.41, 5.74) is 0.505. The van der Waals surface area contributed by atoms with Gasteiger partial charge >= 0.3 is 0 Å². The summed E-state index contributed by atoms with van der Waals surface area (Å²) < 4.78 is 31.7. The Morgan fingerprint density at radius 2 is 2.00 bits per heavy atom. The van der Waals surface area contributed by atoms with Crippen molar-refractivity contribution >= 4 is 0 Å². The molecule has 0 radical (unpaired) electrons. The molecule has 2 aromatic rings. The Morgan fingerprint density at radius 1 is 1.19 bits per heavy atom. The monoisotopic (exact) mass is 291 g/mol. The number of fused-ring (bicyclic) bond motifs is 2. The molecule has 3 atom stereocenters. The van der Waals surface area contributed by atoms with E-state index in [9.17, 15) is 8.78 Å². The number of aromatic nitrogens is 2. The number of rotatable bonds is 3. The van der Waals surface area contributed by atoms with Gasteiger partial charge in [-0.1, -0.05) is 5.16 Å². The maximum absolute atomic E-state index is 13.2. The molecule has 110 valence electrons. The van der Waals surface area contributed by atoms with E-state index in [1.807, 2.05) is 0 Å². The minimum absolute atomic E-state index is 0.270. The van der Waals surface area contributed by atoms with Crippen molar-refractivity contribution in [3.8, 4) is 0 Å². The number of hydrogen-bond donors (Lipinski definition) is 1. The molecule has 4 rings (SSSR count). The minimum atomic E-state index is -0.592. The van der Waals surface area contributed by atoms with Gasteiger partial charge in [-0.05, 0) is 37.0 Å². The van der Waals surface area contributed by atoms with E-state index in [1.165, 1.54) is 18.6 Å². The largest absolute Gasteiger partial charge is 0.339 e. The van der Waals surface area contributed by atoms with E-state index in [1.54, 1.807) is 0 Å². The van der Waals surface area contributed by atoms with Crippen molar-refractivity contribution < 1.29 is 13.3 Å². The molecule has 2 fully saturated rings. The third-order valence-electron chi connectivity index (χ3n) is 4.39. The Bertz CT molecular complexity index is 652. The van der Waals surface area contributed by atoms with Crippen LogP contribution in [0.25, 0.3) is 0 Å². The number of benzene rings is 1. The van der Waals surface area contributed by atoms with E-state index in [2.05, 4.69) is 15.5 Å². The van der Waals surface area contributed by atoms with Crippen LogP contribution in [0.5, 0.6) is 0 Å². The highest BCUT2D eigenvalue weighted by atomic mass is 19.1. The molecular weight excluding hydrogens is 276 g/mol. The first-order chi connectivity index (χ1) is 10.2. The number of halogens is 2. The Kier molecular flexibility index (Phi) is 2.99.